The zero-order valence-corrected chi connectivity index (χ0v) is 11.8. The van der Waals surface area contributed by atoms with Gasteiger partial charge < -0.3 is 11.1 Å². The molecule has 1 saturated heterocycles. The standard InChI is InChI=1S/C17H19N3O/c18-16(21)17(14-9-11-19-12-14,13-6-2-1-3-7-13)15-8-4-5-10-20-15/h1-8,10,14,19H,9,11-12H2,(H2,18,21). The molecule has 2 atom stereocenters. The predicted molar refractivity (Wildman–Crippen MR) is 81.6 cm³/mol. The molecule has 0 radical (unpaired) electrons. The average molecular weight is 281 g/mol. The molecule has 1 aromatic carbocycles. The highest BCUT2D eigenvalue weighted by Gasteiger charge is 2.49. The fraction of sp³-hybridized carbons (Fsp3) is 0.294. The number of hydrogen-bond donors (Lipinski definition) is 2. The highest BCUT2D eigenvalue weighted by Crippen LogP contribution is 2.40. The zero-order valence-electron chi connectivity index (χ0n) is 11.8. The Morgan fingerprint density at radius 1 is 1.19 bits per heavy atom. The Kier molecular flexibility index (Phi) is 3.71. The highest BCUT2D eigenvalue weighted by molar-refractivity contribution is 5.90. The first kappa shape index (κ1) is 13.8. The van der Waals surface area contributed by atoms with Crippen molar-refractivity contribution < 1.29 is 4.79 Å². The number of hydrogen-bond acceptors (Lipinski definition) is 3. The van der Waals surface area contributed by atoms with Gasteiger partial charge in [-0.15, -0.1) is 0 Å². The molecule has 3 rings (SSSR count). The van der Waals surface area contributed by atoms with Crippen LogP contribution in [0.2, 0.25) is 0 Å². The van der Waals surface area contributed by atoms with Crippen LogP contribution in [-0.4, -0.2) is 24.0 Å². The summed E-state index contributed by atoms with van der Waals surface area (Å²) in [7, 11) is 0. The fourth-order valence-electron chi connectivity index (χ4n) is 3.38. The third-order valence-electron chi connectivity index (χ3n) is 4.36. The maximum absolute atomic E-state index is 12.6. The third-order valence-corrected chi connectivity index (χ3v) is 4.36. The molecule has 0 bridgehead atoms. The summed E-state index contributed by atoms with van der Waals surface area (Å²) in [5.41, 5.74) is 6.69. The van der Waals surface area contributed by atoms with E-state index in [1.54, 1.807) is 6.20 Å². The van der Waals surface area contributed by atoms with Crippen molar-refractivity contribution in [3.63, 3.8) is 0 Å². The Morgan fingerprint density at radius 2 is 1.95 bits per heavy atom. The average Bonchev–Trinajstić information content (AvgIpc) is 3.04. The van der Waals surface area contributed by atoms with E-state index in [2.05, 4.69) is 10.3 Å². The van der Waals surface area contributed by atoms with Gasteiger partial charge in [-0.3, -0.25) is 9.78 Å². The van der Waals surface area contributed by atoms with Crippen molar-refractivity contribution in [3.05, 3.63) is 66.0 Å². The van der Waals surface area contributed by atoms with E-state index in [0.717, 1.165) is 30.8 Å². The van der Waals surface area contributed by atoms with Gasteiger partial charge in [0.25, 0.3) is 0 Å². The normalized spacial score (nSPS) is 20.9. The number of aromatic nitrogens is 1. The molecule has 0 saturated carbocycles. The van der Waals surface area contributed by atoms with Gasteiger partial charge in [0.05, 0.1) is 5.69 Å². The van der Waals surface area contributed by atoms with Gasteiger partial charge in [0, 0.05) is 6.20 Å². The van der Waals surface area contributed by atoms with E-state index in [4.69, 9.17) is 5.73 Å². The largest absolute Gasteiger partial charge is 0.369 e. The quantitative estimate of drug-likeness (QED) is 0.891. The summed E-state index contributed by atoms with van der Waals surface area (Å²) in [5.74, 6) is -0.214. The van der Waals surface area contributed by atoms with Crippen molar-refractivity contribution in [3.8, 4) is 0 Å². The number of amides is 1. The number of nitrogens with zero attached hydrogens (tertiary/aromatic N) is 1. The number of carbonyl (C=O) groups excluding carboxylic acids is 1. The number of nitrogens with one attached hydrogen (secondary N) is 1. The van der Waals surface area contributed by atoms with Gasteiger partial charge in [0.15, 0.2) is 0 Å². The van der Waals surface area contributed by atoms with E-state index in [0.29, 0.717) is 0 Å². The van der Waals surface area contributed by atoms with Gasteiger partial charge >= 0.3 is 0 Å². The lowest BCUT2D eigenvalue weighted by molar-refractivity contribution is -0.123. The monoisotopic (exact) mass is 281 g/mol. The molecule has 4 heteroatoms. The minimum Gasteiger partial charge on any atom is -0.369 e. The lowest BCUT2D eigenvalue weighted by atomic mass is 9.66. The van der Waals surface area contributed by atoms with Crippen molar-refractivity contribution in [2.24, 2.45) is 11.7 Å². The number of pyridine rings is 1. The highest BCUT2D eigenvalue weighted by atomic mass is 16.1. The molecule has 2 unspecified atom stereocenters. The van der Waals surface area contributed by atoms with Gasteiger partial charge in [-0.25, -0.2) is 0 Å². The summed E-state index contributed by atoms with van der Waals surface area (Å²) in [6, 6.07) is 15.4. The number of primary amides is 1. The van der Waals surface area contributed by atoms with Crippen LogP contribution >= 0.6 is 0 Å². The van der Waals surface area contributed by atoms with Crippen LogP contribution in [0.3, 0.4) is 0 Å². The van der Waals surface area contributed by atoms with Crippen LogP contribution in [-0.2, 0) is 10.2 Å². The molecule has 21 heavy (non-hydrogen) atoms. The van der Waals surface area contributed by atoms with Crippen molar-refractivity contribution in [2.45, 2.75) is 11.8 Å². The van der Waals surface area contributed by atoms with E-state index >= 15 is 0 Å². The molecule has 2 aromatic rings. The second-order valence-electron chi connectivity index (χ2n) is 5.44. The molecule has 1 aliphatic rings. The van der Waals surface area contributed by atoms with E-state index in [9.17, 15) is 4.79 Å². The van der Waals surface area contributed by atoms with Gasteiger partial charge in [0.1, 0.15) is 5.41 Å². The molecule has 108 valence electrons. The maximum Gasteiger partial charge on any atom is 0.234 e. The summed E-state index contributed by atoms with van der Waals surface area (Å²) < 4.78 is 0. The minimum absolute atomic E-state index is 0.118. The molecule has 4 nitrogen and oxygen atoms in total. The van der Waals surface area contributed by atoms with Crippen LogP contribution in [0.15, 0.2) is 54.7 Å². The summed E-state index contributed by atoms with van der Waals surface area (Å²) in [6.07, 6.45) is 2.63. The summed E-state index contributed by atoms with van der Waals surface area (Å²) in [6.45, 7) is 1.67. The third kappa shape index (κ3) is 2.21. The van der Waals surface area contributed by atoms with Crippen molar-refractivity contribution >= 4 is 5.91 Å². The van der Waals surface area contributed by atoms with Gasteiger partial charge in [-0.2, -0.15) is 0 Å². The van der Waals surface area contributed by atoms with Crippen molar-refractivity contribution in [2.75, 3.05) is 13.1 Å². The molecular formula is C17H19N3O. The molecule has 0 aliphatic carbocycles. The lowest BCUT2D eigenvalue weighted by Crippen LogP contribution is -2.49. The maximum atomic E-state index is 12.6. The Hall–Kier alpha value is -2.20. The summed E-state index contributed by atoms with van der Waals surface area (Å²) in [4.78, 5) is 17.0. The van der Waals surface area contributed by atoms with Crippen LogP contribution < -0.4 is 11.1 Å². The second kappa shape index (κ2) is 5.66. The van der Waals surface area contributed by atoms with Crippen molar-refractivity contribution in [1.29, 1.82) is 0 Å². The molecular weight excluding hydrogens is 262 g/mol. The van der Waals surface area contributed by atoms with Crippen LogP contribution in [0.4, 0.5) is 0 Å². The molecule has 2 heterocycles. The predicted octanol–water partition coefficient (Wildman–Crippen LogP) is 1.46. The first-order valence-corrected chi connectivity index (χ1v) is 7.24. The topological polar surface area (TPSA) is 68.0 Å². The number of rotatable bonds is 4. The molecule has 1 aliphatic heterocycles. The summed E-state index contributed by atoms with van der Waals surface area (Å²) >= 11 is 0. The number of benzene rings is 1. The van der Waals surface area contributed by atoms with E-state index < -0.39 is 5.41 Å². The van der Waals surface area contributed by atoms with Crippen LogP contribution in [0.5, 0.6) is 0 Å². The first-order valence-electron chi connectivity index (χ1n) is 7.24. The number of carbonyl (C=O) groups is 1. The Labute approximate surface area is 124 Å². The smallest absolute Gasteiger partial charge is 0.234 e. The summed E-state index contributed by atoms with van der Waals surface area (Å²) in [5, 5.41) is 3.34. The van der Waals surface area contributed by atoms with Crippen LogP contribution in [0.25, 0.3) is 0 Å². The van der Waals surface area contributed by atoms with Crippen LogP contribution in [0, 0.1) is 5.92 Å². The Bertz CT molecular complexity index is 567. The van der Waals surface area contributed by atoms with Gasteiger partial charge in [-0.1, -0.05) is 36.4 Å². The SMILES string of the molecule is NC(=O)C(c1ccccc1)(c1ccccn1)C1CCNC1. The van der Waals surface area contributed by atoms with Crippen molar-refractivity contribution in [1.82, 2.24) is 10.3 Å². The molecule has 1 fully saturated rings. The lowest BCUT2D eigenvalue weighted by Gasteiger charge is -2.36. The van der Waals surface area contributed by atoms with Gasteiger partial charge in [0.2, 0.25) is 5.91 Å². The molecule has 0 spiro atoms. The van der Waals surface area contributed by atoms with E-state index in [1.165, 1.54) is 0 Å². The second-order valence-corrected chi connectivity index (χ2v) is 5.44. The van der Waals surface area contributed by atoms with E-state index in [1.807, 2.05) is 48.5 Å². The molecule has 1 aromatic heterocycles. The zero-order chi connectivity index (χ0) is 14.7. The fourth-order valence-corrected chi connectivity index (χ4v) is 3.38. The molecule has 1 amide bonds. The van der Waals surface area contributed by atoms with E-state index in [-0.39, 0.29) is 11.8 Å². The molecule has 3 N–H and O–H groups in total. The Balaban J connectivity index is 2.24. The number of nitrogens with two attached hydrogens (primary N) is 1. The first-order chi connectivity index (χ1) is 10.3. The van der Waals surface area contributed by atoms with Crippen LogP contribution in [0.1, 0.15) is 17.7 Å². The minimum atomic E-state index is -0.869. The van der Waals surface area contributed by atoms with Gasteiger partial charge in [-0.05, 0) is 43.1 Å². The Morgan fingerprint density at radius 3 is 2.52 bits per heavy atom.